The lowest BCUT2D eigenvalue weighted by Gasteiger charge is -2.29. The van der Waals surface area contributed by atoms with Gasteiger partial charge in [-0.05, 0) is 38.4 Å². The maximum absolute atomic E-state index is 13.5. The van der Waals surface area contributed by atoms with Crippen LogP contribution in [0.4, 0.5) is 8.78 Å². The molecule has 3 N–H and O–H groups in total. The molecule has 1 aromatic rings. The molecule has 0 aromatic heterocycles. The number of hydrogen-bond donors (Lipinski definition) is 2. The van der Waals surface area contributed by atoms with Gasteiger partial charge in [0.2, 0.25) is 0 Å². The Labute approximate surface area is 105 Å². The van der Waals surface area contributed by atoms with Crippen molar-refractivity contribution in [3.8, 4) is 0 Å². The predicted molar refractivity (Wildman–Crippen MR) is 66.2 cm³/mol. The summed E-state index contributed by atoms with van der Waals surface area (Å²) in [4.78, 5) is 11.9. The molecule has 0 bridgehead atoms. The molecule has 0 heterocycles. The van der Waals surface area contributed by atoms with Crippen LogP contribution in [0.5, 0.6) is 0 Å². The topological polar surface area (TPSA) is 55.1 Å². The summed E-state index contributed by atoms with van der Waals surface area (Å²) in [5, 5.41) is 2.70. The molecule has 0 aliphatic rings. The Morgan fingerprint density at radius 3 is 2.67 bits per heavy atom. The average molecular weight is 256 g/mol. The molecule has 0 radical (unpaired) electrons. The Balaban J connectivity index is 2.91. The molecule has 0 aliphatic carbocycles. The van der Waals surface area contributed by atoms with E-state index in [1.165, 1.54) is 12.1 Å². The van der Waals surface area contributed by atoms with E-state index in [1.807, 2.05) is 13.8 Å². The highest BCUT2D eigenvalue weighted by Crippen LogP contribution is 2.17. The van der Waals surface area contributed by atoms with Crippen molar-refractivity contribution in [2.24, 2.45) is 5.73 Å². The third-order valence-corrected chi connectivity index (χ3v) is 3.09. The first-order valence-electron chi connectivity index (χ1n) is 5.90. The molecule has 0 aliphatic heterocycles. The number of hydrogen-bond acceptors (Lipinski definition) is 2. The quantitative estimate of drug-likeness (QED) is 0.848. The van der Waals surface area contributed by atoms with Crippen molar-refractivity contribution >= 4 is 5.91 Å². The molecule has 18 heavy (non-hydrogen) atoms. The van der Waals surface area contributed by atoms with Crippen molar-refractivity contribution in [3.05, 3.63) is 35.4 Å². The van der Waals surface area contributed by atoms with Gasteiger partial charge < -0.3 is 11.1 Å². The van der Waals surface area contributed by atoms with Gasteiger partial charge in [0.15, 0.2) is 11.6 Å². The number of carbonyl (C=O) groups excluding carboxylic acids is 1. The molecule has 1 aromatic carbocycles. The van der Waals surface area contributed by atoms with Gasteiger partial charge in [-0.1, -0.05) is 13.0 Å². The van der Waals surface area contributed by atoms with Crippen molar-refractivity contribution in [3.63, 3.8) is 0 Å². The van der Waals surface area contributed by atoms with Crippen molar-refractivity contribution in [2.45, 2.75) is 32.2 Å². The first-order valence-corrected chi connectivity index (χ1v) is 5.90. The van der Waals surface area contributed by atoms with E-state index in [1.54, 1.807) is 0 Å². The lowest BCUT2D eigenvalue weighted by Crippen LogP contribution is -2.47. The predicted octanol–water partition coefficient (Wildman–Crippen LogP) is 2.21. The lowest BCUT2D eigenvalue weighted by molar-refractivity contribution is 0.0894. The molecular weight excluding hydrogens is 238 g/mol. The van der Waals surface area contributed by atoms with E-state index in [-0.39, 0.29) is 5.56 Å². The number of nitrogens with two attached hydrogens (primary N) is 1. The van der Waals surface area contributed by atoms with E-state index in [0.717, 1.165) is 6.07 Å². The van der Waals surface area contributed by atoms with Crippen LogP contribution in [0, 0.1) is 11.6 Å². The number of nitrogens with one attached hydrogen (secondary N) is 1. The highest BCUT2D eigenvalue weighted by molar-refractivity contribution is 5.94. The molecule has 0 saturated carbocycles. The summed E-state index contributed by atoms with van der Waals surface area (Å²) in [6.45, 7) is 4.14. The summed E-state index contributed by atoms with van der Waals surface area (Å²) >= 11 is 0. The number of carbonyl (C=O) groups is 1. The van der Waals surface area contributed by atoms with Crippen molar-refractivity contribution < 1.29 is 13.6 Å². The van der Waals surface area contributed by atoms with Gasteiger partial charge in [0.05, 0.1) is 5.56 Å². The van der Waals surface area contributed by atoms with Gasteiger partial charge in [-0.15, -0.1) is 0 Å². The van der Waals surface area contributed by atoms with E-state index in [4.69, 9.17) is 5.73 Å². The zero-order chi connectivity index (χ0) is 13.8. The van der Waals surface area contributed by atoms with Crippen molar-refractivity contribution in [2.75, 3.05) is 6.54 Å². The van der Waals surface area contributed by atoms with Gasteiger partial charge in [-0.25, -0.2) is 8.78 Å². The van der Waals surface area contributed by atoms with E-state index in [2.05, 4.69) is 5.32 Å². The fourth-order valence-electron chi connectivity index (χ4n) is 1.67. The molecule has 1 atom stereocenters. The second-order valence-electron chi connectivity index (χ2n) is 4.51. The van der Waals surface area contributed by atoms with Gasteiger partial charge in [0.25, 0.3) is 5.91 Å². The third kappa shape index (κ3) is 3.26. The SMILES string of the molecule is CCC(C)(CCN)NC(=O)c1cccc(F)c1F. The van der Waals surface area contributed by atoms with E-state index >= 15 is 0 Å². The van der Waals surface area contributed by atoms with Crippen LogP contribution < -0.4 is 11.1 Å². The second-order valence-corrected chi connectivity index (χ2v) is 4.51. The summed E-state index contributed by atoms with van der Waals surface area (Å²) in [5.41, 5.74) is 4.68. The molecule has 1 rings (SSSR count). The van der Waals surface area contributed by atoms with Crippen LogP contribution in [0.3, 0.4) is 0 Å². The molecule has 1 unspecified atom stereocenters. The highest BCUT2D eigenvalue weighted by atomic mass is 19.2. The minimum Gasteiger partial charge on any atom is -0.347 e. The van der Waals surface area contributed by atoms with E-state index in [9.17, 15) is 13.6 Å². The van der Waals surface area contributed by atoms with Crippen molar-refractivity contribution in [1.82, 2.24) is 5.32 Å². The molecule has 0 saturated heterocycles. The van der Waals surface area contributed by atoms with Crippen LogP contribution in [0.1, 0.15) is 37.0 Å². The number of rotatable bonds is 5. The summed E-state index contributed by atoms with van der Waals surface area (Å²) in [6, 6.07) is 3.54. The summed E-state index contributed by atoms with van der Waals surface area (Å²) in [6.07, 6.45) is 1.24. The van der Waals surface area contributed by atoms with Gasteiger partial charge in [0.1, 0.15) is 0 Å². The standard InChI is InChI=1S/C13H18F2N2O/c1-3-13(2,7-8-16)17-12(18)9-5-4-6-10(14)11(9)15/h4-6H,3,7-8,16H2,1-2H3,(H,17,18). The Kier molecular flexibility index (Phi) is 4.78. The Hall–Kier alpha value is -1.49. The normalized spacial score (nSPS) is 14.1. The second kappa shape index (κ2) is 5.91. The van der Waals surface area contributed by atoms with Gasteiger partial charge in [0, 0.05) is 5.54 Å². The molecule has 100 valence electrons. The first kappa shape index (κ1) is 14.6. The average Bonchev–Trinajstić information content (AvgIpc) is 2.32. The minimum atomic E-state index is -1.12. The fourth-order valence-corrected chi connectivity index (χ4v) is 1.67. The van der Waals surface area contributed by atoms with Gasteiger partial charge in [-0.2, -0.15) is 0 Å². The smallest absolute Gasteiger partial charge is 0.254 e. The highest BCUT2D eigenvalue weighted by Gasteiger charge is 2.25. The largest absolute Gasteiger partial charge is 0.347 e. The maximum atomic E-state index is 13.5. The van der Waals surface area contributed by atoms with Crippen LogP contribution in [0.15, 0.2) is 18.2 Å². The van der Waals surface area contributed by atoms with Crippen LogP contribution in [-0.2, 0) is 0 Å². The minimum absolute atomic E-state index is 0.285. The number of benzene rings is 1. The van der Waals surface area contributed by atoms with Gasteiger partial charge >= 0.3 is 0 Å². The zero-order valence-electron chi connectivity index (χ0n) is 10.6. The first-order chi connectivity index (χ1) is 8.43. The van der Waals surface area contributed by atoms with Crippen molar-refractivity contribution in [1.29, 1.82) is 0 Å². The molecule has 5 heteroatoms. The molecule has 0 spiro atoms. The zero-order valence-corrected chi connectivity index (χ0v) is 10.6. The molecular formula is C13H18F2N2O. The number of halogens is 2. The van der Waals surface area contributed by atoms with Crippen LogP contribution >= 0.6 is 0 Å². The molecule has 3 nitrogen and oxygen atoms in total. The van der Waals surface area contributed by atoms with E-state index < -0.39 is 23.1 Å². The Bertz CT molecular complexity index is 437. The fraction of sp³-hybridized carbons (Fsp3) is 0.462. The van der Waals surface area contributed by atoms with Crippen LogP contribution in [0.2, 0.25) is 0 Å². The maximum Gasteiger partial charge on any atom is 0.254 e. The monoisotopic (exact) mass is 256 g/mol. The van der Waals surface area contributed by atoms with Crippen LogP contribution in [-0.4, -0.2) is 18.0 Å². The summed E-state index contributed by atoms with van der Waals surface area (Å²) in [7, 11) is 0. The number of amides is 1. The lowest BCUT2D eigenvalue weighted by atomic mass is 9.94. The van der Waals surface area contributed by atoms with Crippen LogP contribution in [0.25, 0.3) is 0 Å². The Morgan fingerprint density at radius 1 is 1.44 bits per heavy atom. The summed E-state index contributed by atoms with van der Waals surface area (Å²) < 4.78 is 26.5. The Morgan fingerprint density at radius 2 is 2.11 bits per heavy atom. The van der Waals surface area contributed by atoms with E-state index in [0.29, 0.717) is 19.4 Å². The third-order valence-electron chi connectivity index (χ3n) is 3.09. The summed E-state index contributed by atoms with van der Waals surface area (Å²) in [5.74, 6) is -2.77. The van der Waals surface area contributed by atoms with Gasteiger partial charge in [-0.3, -0.25) is 4.79 Å². The molecule has 0 fully saturated rings. The molecule has 1 amide bonds.